The summed E-state index contributed by atoms with van der Waals surface area (Å²) >= 11 is 0. The molecule has 106 valence electrons. The maximum absolute atomic E-state index is 11.8. The fourth-order valence-electron chi connectivity index (χ4n) is 1.82. The lowest BCUT2D eigenvalue weighted by Crippen LogP contribution is -2.31. The van der Waals surface area contributed by atoms with E-state index in [-0.39, 0.29) is 12.0 Å². The van der Waals surface area contributed by atoms with E-state index in [1.165, 1.54) is 0 Å². The third-order valence-corrected chi connectivity index (χ3v) is 2.63. The Morgan fingerprint density at radius 1 is 1.26 bits per heavy atom. The topological polar surface area (TPSA) is 47.6 Å². The molecule has 1 N–H and O–H groups in total. The van der Waals surface area contributed by atoms with E-state index >= 15 is 0 Å². The van der Waals surface area contributed by atoms with Crippen LogP contribution < -0.4 is 10.1 Å². The number of hydrogen-bond donors (Lipinski definition) is 1. The average molecular weight is 265 g/mol. The maximum atomic E-state index is 11.8. The van der Waals surface area contributed by atoms with Gasteiger partial charge in [0.15, 0.2) is 0 Å². The molecular weight excluding hydrogens is 242 g/mol. The van der Waals surface area contributed by atoms with Gasteiger partial charge >= 0.3 is 5.97 Å². The first-order chi connectivity index (χ1) is 9.21. The molecule has 19 heavy (non-hydrogen) atoms. The van der Waals surface area contributed by atoms with Gasteiger partial charge in [0.2, 0.25) is 0 Å². The van der Waals surface area contributed by atoms with Crippen LogP contribution in [0.5, 0.6) is 5.75 Å². The van der Waals surface area contributed by atoms with Gasteiger partial charge in [0.05, 0.1) is 13.2 Å². The molecular formula is C15H23NO3. The second-order valence-corrected chi connectivity index (χ2v) is 4.20. The highest BCUT2D eigenvalue weighted by Crippen LogP contribution is 2.19. The third kappa shape index (κ3) is 5.20. The van der Waals surface area contributed by atoms with Gasteiger partial charge in [-0.1, -0.05) is 19.4 Å². The predicted octanol–water partition coefficient (Wildman–Crippen LogP) is 3.23. The van der Waals surface area contributed by atoms with Crippen molar-refractivity contribution < 1.29 is 14.3 Å². The van der Waals surface area contributed by atoms with Crippen LogP contribution in [-0.2, 0) is 9.53 Å². The van der Waals surface area contributed by atoms with E-state index in [1.807, 2.05) is 45.0 Å². The molecule has 1 unspecified atom stereocenters. The summed E-state index contributed by atoms with van der Waals surface area (Å²) in [5, 5.41) is 3.21. The zero-order valence-corrected chi connectivity index (χ0v) is 11.9. The molecule has 1 atom stereocenters. The van der Waals surface area contributed by atoms with Gasteiger partial charge in [-0.2, -0.15) is 0 Å². The number of carbonyl (C=O) groups is 1. The SMILES string of the molecule is CCCC(Nc1cccc(OCC)c1)C(=O)OCC. The van der Waals surface area contributed by atoms with Crippen molar-refractivity contribution in [3.05, 3.63) is 24.3 Å². The van der Waals surface area contributed by atoms with Crippen LogP contribution in [-0.4, -0.2) is 25.2 Å². The second-order valence-electron chi connectivity index (χ2n) is 4.20. The van der Waals surface area contributed by atoms with Gasteiger partial charge in [0, 0.05) is 11.8 Å². The number of esters is 1. The highest BCUT2D eigenvalue weighted by molar-refractivity contribution is 5.79. The molecule has 0 aromatic heterocycles. The van der Waals surface area contributed by atoms with Crippen molar-refractivity contribution in [2.45, 2.75) is 39.7 Å². The van der Waals surface area contributed by atoms with E-state index in [1.54, 1.807) is 0 Å². The number of anilines is 1. The van der Waals surface area contributed by atoms with Crippen LogP contribution in [0, 0.1) is 0 Å². The van der Waals surface area contributed by atoms with E-state index in [4.69, 9.17) is 9.47 Å². The Balaban J connectivity index is 2.72. The molecule has 0 aliphatic rings. The van der Waals surface area contributed by atoms with Gasteiger partial charge in [-0.05, 0) is 32.4 Å². The second kappa shape index (κ2) is 8.40. The smallest absolute Gasteiger partial charge is 0.328 e. The molecule has 1 rings (SSSR count). The van der Waals surface area contributed by atoms with Crippen molar-refractivity contribution in [3.63, 3.8) is 0 Å². The Morgan fingerprint density at radius 2 is 2.05 bits per heavy atom. The van der Waals surface area contributed by atoms with Crippen molar-refractivity contribution in [2.24, 2.45) is 0 Å². The van der Waals surface area contributed by atoms with Crippen LogP contribution in [0.3, 0.4) is 0 Å². The summed E-state index contributed by atoms with van der Waals surface area (Å²) < 4.78 is 10.5. The minimum absolute atomic E-state index is 0.203. The monoisotopic (exact) mass is 265 g/mol. The molecule has 4 nitrogen and oxygen atoms in total. The van der Waals surface area contributed by atoms with E-state index in [0.717, 1.165) is 24.3 Å². The van der Waals surface area contributed by atoms with Gasteiger partial charge in [-0.15, -0.1) is 0 Å². The van der Waals surface area contributed by atoms with Crippen molar-refractivity contribution in [1.82, 2.24) is 0 Å². The lowest BCUT2D eigenvalue weighted by molar-refractivity contribution is -0.144. The first-order valence-corrected chi connectivity index (χ1v) is 6.87. The standard InChI is InChI=1S/C15H23NO3/c1-4-8-14(15(17)19-6-3)16-12-9-7-10-13(11-12)18-5-2/h7,9-11,14,16H,4-6,8H2,1-3H3. The summed E-state index contributed by atoms with van der Waals surface area (Å²) in [6.07, 6.45) is 1.67. The maximum Gasteiger partial charge on any atom is 0.328 e. The Morgan fingerprint density at radius 3 is 2.68 bits per heavy atom. The summed E-state index contributed by atoms with van der Waals surface area (Å²) in [5.41, 5.74) is 0.873. The number of ether oxygens (including phenoxy) is 2. The first-order valence-electron chi connectivity index (χ1n) is 6.87. The van der Waals surface area contributed by atoms with Gasteiger partial charge in [-0.25, -0.2) is 4.79 Å². The third-order valence-electron chi connectivity index (χ3n) is 2.63. The predicted molar refractivity (Wildman–Crippen MR) is 76.6 cm³/mol. The summed E-state index contributed by atoms with van der Waals surface area (Å²) in [7, 11) is 0. The minimum Gasteiger partial charge on any atom is -0.494 e. The first kappa shape index (κ1) is 15.3. The zero-order valence-electron chi connectivity index (χ0n) is 11.9. The molecule has 0 radical (unpaired) electrons. The fraction of sp³-hybridized carbons (Fsp3) is 0.533. The molecule has 0 amide bonds. The lowest BCUT2D eigenvalue weighted by atomic mass is 10.1. The van der Waals surface area contributed by atoms with Crippen LogP contribution in [0.2, 0.25) is 0 Å². The Kier molecular flexibility index (Phi) is 6.79. The van der Waals surface area contributed by atoms with Crippen molar-refractivity contribution in [2.75, 3.05) is 18.5 Å². The molecule has 0 aliphatic carbocycles. The molecule has 0 aliphatic heterocycles. The molecule has 0 saturated heterocycles. The van der Waals surface area contributed by atoms with Crippen LogP contribution in [0.15, 0.2) is 24.3 Å². The Hall–Kier alpha value is -1.71. The molecule has 0 saturated carbocycles. The number of nitrogens with one attached hydrogen (secondary N) is 1. The van der Waals surface area contributed by atoms with Crippen LogP contribution in [0.1, 0.15) is 33.6 Å². The molecule has 1 aromatic rings. The van der Waals surface area contributed by atoms with E-state index < -0.39 is 0 Å². The Labute approximate surface area is 115 Å². The highest BCUT2D eigenvalue weighted by Gasteiger charge is 2.18. The summed E-state index contributed by atoms with van der Waals surface area (Å²) in [4.78, 5) is 11.8. The Bertz CT molecular complexity index is 393. The molecule has 0 bridgehead atoms. The molecule has 0 heterocycles. The molecule has 0 fully saturated rings. The highest BCUT2D eigenvalue weighted by atomic mass is 16.5. The number of benzene rings is 1. The fourth-order valence-corrected chi connectivity index (χ4v) is 1.82. The lowest BCUT2D eigenvalue weighted by Gasteiger charge is -2.18. The van der Waals surface area contributed by atoms with Crippen molar-refractivity contribution >= 4 is 11.7 Å². The van der Waals surface area contributed by atoms with Gasteiger partial charge in [-0.3, -0.25) is 0 Å². The minimum atomic E-state index is -0.304. The normalized spacial score (nSPS) is 11.7. The zero-order chi connectivity index (χ0) is 14.1. The molecule has 1 aromatic carbocycles. The van der Waals surface area contributed by atoms with E-state index in [0.29, 0.717) is 13.2 Å². The van der Waals surface area contributed by atoms with Gasteiger partial charge in [0.1, 0.15) is 11.8 Å². The molecule has 0 spiro atoms. The molecule has 4 heteroatoms. The van der Waals surface area contributed by atoms with Crippen LogP contribution in [0.4, 0.5) is 5.69 Å². The van der Waals surface area contributed by atoms with Gasteiger partial charge in [0.25, 0.3) is 0 Å². The summed E-state index contributed by atoms with van der Waals surface area (Å²) in [5.74, 6) is 0.595. The van der Waals surface area contributed by atoms with E-state index in [2.05, 4.69) is 5.32 Å². The number of hydrogen-bond acceptors (Lipinski definition) is 4. The van der Waals surface area contributed by atoms with Crippen LogP contribution in [0.25, 0.3) is 0 Å². The largest absolute Gasteiger partial charge is 0.494 e. The van der Waals surface area contributed by atoms with Gasteiger partial charge < -0.3 is 14.8 Å². The quantitative estimate of drug-likeness (QED) is 0.733. The number of carbonyl (C=O) groups excluding carboxylic acids is 1. The van der Waals surface area contributed by atoms with Crippen molar-refractivity contribution in [3.8, 4) is 5.75 Å². The summed E-state index contributed by atoms with van der Waals surface area (Å²) in [6.45, 7) is 6.83. The van der Waals surface area contributed by atoms with E-state index in [9.17, 15) is 4.79 Å². The number of rotatable bonds is 8. The average Bonchev–Trinajstić information content (AvgIpc) is 2.39. The van der Waals surface area contributed by atoms with Crippen LogP contribution >= 0.6 is 0 Å². The summed E-state index contributed by atoms with van der Waals surface area (Å²) in [6, 6.07) is 7.31. The van der Waals surface area contributed by atoms with Crippen molar-refractivity contribution in [1.29, 1.82) is 0 Å².